The molecule has 0 aliphatic carbocycles. The van der Waals surface area contributed by atoms with Crippen molar-refractivity contribution in [3.63, 3.8) is 0 Å². The summed E-state index contributed by atoms with van der Waals surface area (Å²) in [7, 11) is 0. The number of benzene rings is 2. The van der Waals surface area contributed by atoms with Crippen LogP contribution in [-0.4, -0.2) is 63.1 Å². The van der Waals surface area contributed by atoms with Gasteiger partial charge in [-0.3, -0.25) is 14.4 Å². The summed E-state index contributed by atoms with van der Waals surface area (Å²) in [5.74, 6) is -2.40. The largest absolute Gasteiger partial charge is 0.465 e. The minimum atomic E-state index is -0.921. The van der Waals surface area contributed by atoms with Gasteiger partial charge in [-0.25, -0.2) is 0 Å². The Bertz CT molecular complexity index is 1370. The third-order valence-electron chi connectivity index (χ3n) is 9.16. The average molecular weight is 623 g/mol. The highest BCUT2D eigenvalue weighted by Gasteiger charge is 2.78. The third-order valence-corrected chi connectivity index (χ3v) is 11.4. The van der Waals surface area contributed by atoms with E-state index in [0.29, 0.717) is 30.0 Å². The second-order valence-corrected chi connectivity index (χ2v) is 14.1. The number of anilines is 1. The van der Waals surface area contributed by atoms with Crippen molar-refractivity contribution in [2.75, 3.05) is 24.7 Å². The zero-order chi connectivity index (χ0) is 30.8. The number of fused-ring (bicyclic) bond motifs is 1. The van der Waals surface area contributed by atoms with Gasteiger partial charge >= 0.3 is 5.97 Å². The van der Waals surface area contributed by atoms with Gasteiger partial charge in [0.15, 0.2) is 0 Å². The Labute approximate surface area is 262 Å². The molecule has 2 amide bonds. The Morgan fingerprint density at radius 2 is 1.86 bits per heavy atom. The summed E-state index contributed by atoms with van der Waals surface area (Å²) in [6, 6.07) is 14.6. The average Bonchev–Trinajstić information content (AvgIpc) is 3.58. The van der Waals surface area contributed by atoms with E-state index in [1.165, 1.54) is 0 Å². The first-order valence-corrected chi connectivity index (χ1v) is 16.1. The number of ether oxygens (including phenoxy) is 1. The summed E-state index contributed by atoms with van der Waals surface area (Å²) in [5.41, 5.74) is 1.35. The summed E-state index contributed by atoms with van der Waals surface area (Å²) in [4.78, 5) is 46.4. The number of unbranched alkanes of at least 4 members (excludes halogenated alkanes) is 2. The second kappa shape index (κ2) is 12.9. The van der Waals surface area contributed by atoms with Crippen LogP contribution in [-0.2, 0) is 19.1 Å². The van der Waals surface area contributed by atoms with Crippen LogP contribution in [0.15, 0.2) is 79.9 Å². The van der Waals surface area contributed by atoms with Gasteiger partial charge in [0.1, 0.15) is 6.04 Å². The van der Waals surface area contributed by atoms with Gasteiger partial charge in [-0.2, -0.15) is 0 Å². The molecule has 0 saturated carbocycles. The molecule has 0 radical (unpaired) electrons. The molecule has 3 aliphatic heterocycles. The fourth-order valence-corrected chi connectivity index (χ4v) is 9.69. The number of esters is 1. The number of rotatable bonds is 13. The molecule has 5 rings (SSSR count). The smallest absolute Gasteiger partial charge is 0.311 e. The zero-order valence-corrected chi connectivity index (χ0v) is 26.1. The molecule has 0 aromatic heterocycles. The van der Waals surface area contributed by atoms with Crippen molar-refractivity contribution in [1.82, 2.24) is 4.90 Å². The Morgan fingerprint density at radius 3 is 2.51 bits per heavy atom. The van der Waals surface area contributed by atoms with Crippen molar-refractivity contribution < 1.29 is 24.2 Å². The monoisotopic (exact) mass is 622 g/mol. The number of hydrogen-bond acceptors (Lipinski definition) is 6. The molecule has 1 spiro atoms. The van der Waals surface area contributed by atoms with Gasteiger partial charge in [0.2, 0.25) is 5.91 Å². The quantitative estimate of drug-likeness (QED) is 0.168. The number of nitrogens with zero attached hydrogens (tertiary/aromatic N) is 2. The van der Waals surface area contributed by atoms with Crippen molar-refractivity contribution in [2.45, 2.75) is 60.6 Å². The fourth-order valence-electron chi connectivity index (χ4n) is 7.24. The lowest BCUT2D eigenvalue weighted by Crippen LogP contribution is -2.56. The summed E-state index contributed by atoms with van der Waals surface area (Å²) in [5, 5.41) is 11.3. The maximum Gasteiger partial charge on any atom is 0.311 e. The van der Waals surface area contributed by atoms with Crippen molar-refractivity contribution in [2.24, 2.45) is 11.8 Å². The fraction of sp³-hybridized carbons (Fsp3) is 0.441. The van der Waals surface area contributed by atoms with Gasteiger partial charge in [-0.15, -0.1) is 24.9 Å². The molecule has 3 fully saturated rings. The van der Waals surface area contributed by atoms with E-state index >= 15 is 0 Å². The number of carbonyl (C=O) groups is 3. The number of allylic oxidation sites excluding steroid dienone is 1. The predicted molar refractivity (Wildman–Crippen MR) is 171 cm³/mol. The highest BCUT2D eigenvalue weighted by atomic mass is 35.5. The maximum atomic E-state index is 14.8. The molecule has 3 heterocycles. The lowest BCUT2D eigenvalue weighted by molar-refractivity contribution is -0.156. The van der Waals surface area contributed by atoms with Crippen LogP contribution >= 0.6 is 23.4 Å². The van der Waals surface area contributed by atoms with Crippen molar-refractivity contribution >= 4 is 46.8 Å². The Balaban J connectivity index is 1.58. The van der Waals surface area contributed by atoms with Crippen LogP contribution in [0.4, 0.5) is 5.69 Å². The molecule has 6 atom stereocenters. The van der Waals surface area contributed by atoms with Gasteiger partial charge in [-0.05, 0) is 68.9 Å². The van der Waals surface area contributed by atoms with Crippen LogP contribution in [0.2, 0.25) is 5.02 Å². The number of halogens is 1. The van der Waals surface area contributed by atoms with Crippen molar-refractivity contribution in [1.29, 1.82) is 0 Å². The number of likely N-dealkylation sites (tertiary alicyclic amines) is 1. The molecule has 228 valence electrons. The Kier molecular flexibility index (Phi) is 9.40. The number of hydrogen-bond donors (Lipinski definition) is 1. The zero-order valence-electron chi connectivity index (χ0n) is 24.5. The summed E-state index contributed by atoms with van der Waals surface area (Å²) >= 11 is 7.74. The first kappa shape index (κ1) is 31.4. The van der Waals surface area contributed by atoms with Crippen LogP contribution in [0, 0.1) is 11.8 Å². The van der Waals surface area contributed by atoms with E-state index in [-0.39, 0.29) is 37.5 Å². The van der Waals surface area contributed by atoms with Crippen molar-refractivity contribution in [3.8, 4) is 0 Å². The highest BCUT2D eigenvalue weighted by Crippen LogP contribution is 2.72. The number of carbonyl (C=O) groups excluding carboxylic acids is 3. The Morgan fingerprint density at radius 1 is 1.14 bits per heavy atom. The van der Waals surface area contributed by atoms with E-state index in [4.69, 9.17) is 16.3 Å². The van der Waals surface area contributed by atoms with Gasteiger partial charge < -0.3 is 19.6 Å². The maximum absolute atomic E-state index is 14.8. The number of aliphatic hydroxyl groups excluding tert-OH is 1. The molecule has 2 unspecified atom stereocenters. The lowest BCUT2D eigenvalue weighted by Gasteiger charge is -2.39. The van der Waals surface area contributed by atoms with Gasteiger partial charge in [0, 0.05) is 22.0 Å². The molecule has 3 saturated heterocycles. The van der Waals surface area contributed by atoms with Crippen LogP contribution in [0.5, 0.6) is 0 Å². The minimum Gasteiger partial charge on any atom is -0.465 e. The summed E-state index contributed by atoms with van der Waals surface area (Å²) in [6.45, 7) is 9.76. The minimum absolute atomic E-state index is 0.215. The first-order valence-electron chi connectivity index (χ1n) is 14.9. The van der Waals surface area contributed by atoms with E-state index in [9.17, 15) is 19.5 Å². The van der Waals surface area contributed by atoms with Crippen LogP contribution in [0.3, 0.4) is 0 Å². The molecule has 43 heavy (non-hydrogen) atoms. The van der Waals surface area contributed by atoms with Gasteiger partial charge in [0.05, 0.1) is 35.8 Å². The topological polar surface area (TPSA) is 87.1 Å². The molecule has 7 nitrogen and oxygen atoms in total. The van der Waals surface area contributed by atoms with Gasteiger partial charge in [0.25, 0.3) is 5.91 Å². The predicted octanol–water partition coefficient (Wildman–Crippen LogP) is 5.97. The normalized spacial score (nSPS) is 27.9. The third kappa shape index (κ3) is 5.54. The van der Waals surface area contributed by atoms with E-state index in [1.807, 2.05) is 43.3 Å². The lowest BCUT2D eigenvalue weighted by atomic mass is 9.66. The molecular weight excluding hydrogens is 584 g/mol. The molecule has 9 heteroatoms. The van der Waals surface area contributed by atoms with Crippen molar-refractivity contribution in [3.05, 3.63) is 90.5 Å². The van der Waals surface area contributed by atoms with Crippen LogP contribution in [0.25, 0.3) is 0 Å². The number of amides is 2. The highest BCUT2D eigenvalue weighted by molar-refractivity contribution is 8.02. The number of thioether (sulfide) groups is 1. The molecule has 2 bridgehead atoms. The second-order valence-electron chi connectivity index (χ2n) is 11.7. The van der Waals surface area contributed by atoms with E-state index in [1.54, 1.807) is 51.9 Å². The van der Waals surface area contributed by atoms with Crippen LogP contribution < -0.4 is 4.90 Å². The Hall–Kier alpha value is -3.07. The number of aliphatic hydroxyl groups is 1. The van der Waals surface area contributed by atoms with Crippen LogP contribution in [0.1, 0.15) is 50.6 Å². The van der Waals surface area contributed by atoms with E-state index in [2.05, 4.69) is 13.2 Å². The molecule has 2 aromatic carbocycles. The molecular formula is C34H39ClN2O5S. The molecule has 2 aromatic rings. The molecule has 3 aliphatic rings. The molecule has 1 N–H and O–H groups in total. The van der Waals surface area contributed by atoms with Gasteiger partial charge in [-0.1, -0.05) is 54.1 Å². The van der Waals surface area contributed by atoms with E-state index in [0.717, 1.165) is 18.4 Å². The summed E-state index contributed by atoms with van der Waals surface area (Å²) < 4.78 is 4.38. The SMILES string of the molecule is C=CCCCCOC(=O)[C@H]1[C@H]2C(=O)N([C@H](CO)c3ccccc3)C(C(=O)N(CC=C)c3ccc(Cl)cc3)C23CC[C@]1(C)S3. The van der Waals surface area contributed by atoms with E-state index < -0.39 is 33.4 Å². The first-order chi connectivity index (χ1) is 20.7. The summed E-state index contributed by atoms with van der Waals surface area (Å²) in [6.07, 6.45) is 7.17. The standard InChI is InChI=1S/C34H39ClN2O5S/c1-4-6-7-11-21-42-32(41)28-27-30(39)37(26(22-38)23-12-9-8-10-13-23)29(34(27)19-18-33(28,3)43-34)31(40)36(20-5-2)25-16-14-24(35)15-17-25/h4-5,8-10,12-17,26-29,38H,1-2,6-7,11,18-22H2,3H3/t26-,27+,28-,29?,33+,34?/m1/s1.